The molecule has 8 heteroatoms. The van der Waals surface area contributed by atoms with Crippen molar-refractivity contribution >= 4 is 27.3 Å². The SMILES string of the molecule is CC(C)c1ccc(NC(=O)CN2CCN(c3ccc(S(N)(=O)=O)cc3)CC2)cc1. The normalized spacial score (nSPS) is 15.5. The number of amides is 1. The maximum Gasteiger partial charge on any atom is 0.238 e. The van der Waals surface area contributed by atoms with Crippen molar-refractivity contribution in [3.05, 3.63) is 54.1 Å². The first kappa shape index (κ1) is 21.3. The van der Waals surface area contributed by atoms with Crippen molar-refractivity contribution in [1.82, 2.24) is 4.90 Å². The van der Waals surface area contributed by atoms with E-state index in [1.165, 1.54) is 17.7 Å². The van der Waals surface area contributed by atoms with Crippen LogP contribution in [0.4, 0.5) is 11.4 Å². The van der Waals surface area contributed by atoms with Crippen molar-refractivity contribution in [1.29, 1.82) is 0 Å². The minimum atomic E-state index is -3.68. The Morgan fingerprint density at radius 1 is 1.00 bits per heavy atom. The number of nitrogens with zero attached hydrogens (tertiary/aromatic N) is 2. The average molecular weight is 417 g/mol. The number of carbonyl (C=O) groups is 1. The van der Waals surface area contributed by atoms with Gasteiger partial charge >= 0.3 is 0 Å². The molecule has 156 valence electrons. The summed E-state index contributed by atoms with van der Waals surface area (Å²) < 4.78 is 22.7. The maximum absolute atomic E-state index is 12.3. The molecule has 1 amide bonds. The summed E-state index contributed by atoms with van der Waals surface area (Å²) in [6, 6.07) is 14.5. The largest absolute Gasteiger partial charge is 0.369 e. The molecule has 29 heavy (non-hydrogen) atoms. The summed E-state index contributed by atoms with van der Waals surface area (Å²) in [5.41, 5.74) is 3.01. The van der Waals surface area contributed by atoms with Crippen LogP contribution in [0.5, 0.6) is 0 Å². The number of rotatable bonds is 6. The Bertz CT molecular complexity index is 933. The van der Waals surface area contributed by atoms with Gasteiger partial charge in [-0.05, 0) is 47.9 Å². The molecule has 1 saturated heterocycles. The van der Waals surface area contributed by atoms with Gasteiger partial charge in [0.25, 0.3) is 0 Å². The number of hydrogen-bond donors (Lipinski definition) is 2. The zero-order valence-electron chi connectivity index (χ0n) is 16.8. The summed E-state index contributed by atoms with van der Waals surface area (Å²) in [5, 5.41) is 8.10. The molecule has 3 N–H and O–H groups in total. The first-order chi connectivity index (χ1) is 13.7. The van der Waals surface area contributed by atoms with Gasteiger partial charge in [0.2, 0.25) is 15.9 Å². The van der Waals surface area contributed by atoms with Gasteiger partial charge in [0.1, 0.15) is 0 Å². The molecule has 2 aromatic carbocycles. The van der Waals surface area contributed by atoms with Gasteiger partial charge in [0.15, 0.2) is 0 Å². The van der Waals surface area contributed by atoms with E-state index in [1.54, 1.807) is 12.1 Å². The van der Waals surface area contributed by atoms with E-state index < -0.39 is 10.0 Å². The van der Waals surface area contributed by atoms with E-state index in [4.69, 9.17) is 5.14 Å². The van der Waals surface area contributed by atoms with Gasteiger partial charge in [-0.25, -0.2) is 13.6 Å². The highest BCUT2D eigenvalue weighted by Crippen LogP contribution is 2.19. The number of sulfonamides is 1. The molecule has 0 aromatic heterocycles. The molecule has 2 aromatic rings. The molecular formula is C21H28N4O3S. The number of primary sulfonamides is 1. The lowest BCUT2D eigenvalue weighted by molar-refractivity contribution is -0.117. The van der Waals surface area contributed by atoms with Crippen molar-refractivity contribution in [2.45, 2.75) is 24.7 Å². The summed E-state index contributed by atoms with van der Waals surface area (Å²) in [6.45, 7) is 7.69. The zero-order chi connectivity index (χ0) is 21.0. The predicted octanol–water partition coefficient (Wildman–Crippen LogP) is 2.22. The number of nitrogens with two attached hydrogens (primary N) is 1. The molecular weight excluding hydrogens is 388 g/mol. The molecule has 0 aliphatic carbocycles. The fourth-order valence-corrected chi connectivity index (χ4v) is 3.88. The monoisotopic (exact) mass is 416 g/mol. The van der Waals surface area contributed by atoms with E-state index in [1.807, 2.05) is 24.3 Å². The minimum absolute atomic E-state index is 0.0201. The molecule has 0 atom stereocenters. The lowest BCUT2D eigenvalue weighted by Crippen LogP contribution is -2.48. The van der Waals surface area contributed by atoms with Crippen molar-refractivity contribution in [2.24, 2.45) is 5.14 Å². The Labute approximate surface area is 172 Å². The number of nitrogens with one attached hydrogen (secondary N) is 1. The molecule has 1 aliphatic rings. The zero-order valence-corrected chi connectivity index (χ0v) is 17.7. The van der Waals surface area contributed by atoms with Crippen molar-refractivity contribution in [3.8, 4) is 0 Å². The van der Waals surface area contributed by atoms with E-state index in [2.05, 4.69) is 29.0 Å². The van der Waals surface area contributed by atoms with Crippen molar-refractivity contribution in [3.63, 3.8) is 0 Å². The van der Waals surface area contributed by atoms with Crippen LogP contribution in [-0.4, -0.2) is 51.9 Å². The molecule has 1 aliphatic heterocycles. The minimum Gasteiger partial charge on any atom is -0.369 e. The molecule has 0 radical (unpaired) electrons. The summed E-state index contributed by atoms with van der Waals surface area (Å²) in [7, 11) is -3.68. The standard InChI is InChI=1S/C21H28N4O3S/c1-16(2)17-3-5-18(6-4-17)23-21(26)15-24-11-13-25(14-12-24)19-7-9-20(10-8-19)29(22,27)28/h3-10,16H,11-15H2,1-2H3,(H,23,26)(H2,22,27,28). The van der Waals surface area contributed by atoms with Crippen molar-refractivity contribution in [2.75, 3.05) is 42.9 Å². The van der Waals surface area contributed by atoms with E-state index in [-0.39, 0.29) is 10.8 Å². The molecule has 1 fully saturated rings. The fourth-order valence-electron chi connectivity index (χ4n) is 3.37. The van der Waals surface area contributed by atoms with E-state index in [9.17, 15) is 13.2 Å². The lowest BCUT2D eigenvalue weighted by atomic mass is 10.0. The Balaban J connectivity index is 1.48. The second kappa shape index (κ2) is 8.94. The van der Waals surface area contributed by atoms with E-state index in [0.717, 1.165) is 37.6 Å². The summed E-state index contributed by atoms with van der Waals surface area (Å²) in [5.74, 6) is 0.445. The van der Waals surface area contributed by atoms with Gasteiger partial charge in [-0.2, -0.15) is 0 Å². The number of anilines is 2. The van der Waals surface area contributed by atoms with Gasteiger partial charge < -0.3 is 10.2 Å². The van der Waals surface area contributed by atoms with Crippen LogP contribution in [0.15, 0.2) is 53.4 Å². The van der Waals surface area contributed by atoms with Crippen LogP contribution in [0.3, 0.4) is 0 Å². The molecule has 0 unspecified atom stereocenters. The highest BCUT2D eigenvalue weighted by molar-refractivity contribution is 7.89. The Morgan fingerprint density at radius 2 is 1.59 bits per heavy atom. The Kier molecular flexibility index (Phi) is 6.56. The fraction of sp³-hybridized carbons (Fsp3) is 0.381. The smallest absolute Gasteiger partial charge is 0.238 e. The van der Waals surface area contributed by atoms with Gasteiger partial charge in [0.05, 0.1) is 11.4 Å². The van der Waals surface area contributed by atoms with E-state index in [0.29, 0.717) is 12.5 Å². The van der Waals surface area contributed by atoms with Crippen LogP contribution in [0.2, 0.25) is 0 Å². The molecule has 0 saturated carbocycles. The predicted molar refractivity (Wildman–Crippen MR) is 116 cm³/mol. The van der Waals surface area contributed by atoms with Gasteiger partial charge in [0, 0.05) is 37.6 Å². The first-order valence-corrected chi connectivity index (χ1v) is 11.3. The van der Waals surface area contributed by atoms with Crippen LogP contribution in [0, 0.1) is 0 Å². The summed E-state index contributed by atoms with van der Waals surface area (Å²) >= 11 is 0. The quantitative estimate of drug-likeness (QED) is 0.753. The van der Waals surface area contributed by atoms with Crippen LogP contribution >= 0.6 is 0 Å². The number of hydrogen-bond acceptors (Lipinski definition) is 5. The highest BCUT2D eigenvalue weighted by atomic mass is 32.2. The lowest BCUT2D eigenvalue weighted by Gasteiger charge is -2.35. The second-order valence-corrected chi connectivity index (χ2v) is 9.19. The number of benzene rings is 2. The second-order valence-electron chi connectivity index (χ2n) is 7.63. The molecule has 1 heterocycles. The van der Waals surface area contributed by atoms with Gasteiger partial charge in [-0.15, -0.1) is 0 Å². The number of carbonyl (C=O) groups excluding carboxylic acids is 1. The van der Waals surface area contributed by atoms with Crippen LogP contribution in [0.25, 0.3) is 0 Å². The number of piperazine rings is 1. The van der Waals surface area contributed by atoms with Crippen LogP contribution in [0.1, 0.15) is 25.3 Å². The topological polar surface area (TPSA) is 95.7 Å². The molecule has 7 nitrogen and oxygen atoms in total. The third-order valence-electron chi connectivity index (χ3n) is 5.13. The third kappa shape index (κ3) is 5.79. The van der Waals surface area contributed by atoms with Crippen molar-refractivity contribution < 1.29 is 13.2 Å². The van der Waals surface area contributed by atoms with Gasteiger partial charge in [-0.3, -0.25) is 9.69 Å². The molecule has 0 spiro atoms. The van der Waals surface area contributed by atoms with Crippen LogP contribution in [-0.2, 0) is 14.8 Å². The van der Waals surface area contributed by atoms with Gasteiger partial charge in [-0.1, -0.05) is 26.0 Å². The Morgan fingerprint density at radius 3 is 2.10 bits per heavy atom. The molecule has 0 bridgehead atoms. The summed E-state index contributed by atoms with van der Waals surface area (Å²) in [6.07, 6.45) is 0. The highest BCUT2D eigenvalue weighted by Gasteiger charge is 2.20. The third-order valence-corrected chi connectivity index (χ3v) is 6.06. The average Bonchev–Trinajstić information content (AvgIpc) is 2.68. The first-order valence-electron chi connectivity index (χ1n) is 9.72. The van der Waals surface area contributed by atoms with Crippen LogP contribution < -0.4 is 15.4 Å². The maximum atomic E-state index is 12.3. The Hall–Kier alpha value is -2.42. The summed E-state index contributed by atoms with van der Waals surface area (Å²) in [4.78, 5) is 16.7. The molecule has 3 rings (SSSR count). The van der Waals surface area contributed by atoms with E-state index >= 15 is 0 Å².